The van der Waals surface area contributed by atoms with E-state index in [1.165, 1.54) is 16.9 Å². The van der Waals surface area contributed by atoms with Crippen molar-refractivity contribution in [2.75, 3.05) is 25.9 Å². The van der Waals surface area contributed by atoms with Crippen molar-refractivity contribution in [1.82, 2.24) is 9.88 Å². The van der Waals surface area contributed by atoms with Crippen LogP contribution in [0, 0.1) is 0 Å². The molecule has 0 saturated carbocycles. The first-order valence-electron chi connectivity index (χ1n) is 6.23. The summed E-state index contributed by atoms with van der Waals surface area (Å²) in [5.41, 5.74) is 7.66. The average molecular weight is 346 g/mol. The van der Waals surface area contributed by atoms with E-state index in [0.29, 0.717) is 21.6 Å². The molecule has 7 nitrogen and oxygen atoms in total. The Hall–Kier alpha value is -1.90. The van der Waals surface area contributed by atoms with E-state index in [0.717, 1.165) is 25.2 Å². The predicted octanol–water partition coefficient (Wildman–Crippen LogP) is 1.81. The Morgan fingerprint density at radius 1 is 1.41 bits per heavy atom. The Balaban J connectivity index is 0.000000261. The van der Waals surface area contributed by atoms with Gasteiger partial charge in [0.1, 0.15) is 4.34 Å². The van der Waals surface area contributed by atoms with Crippen molar-refractivity contribution in [3.8, 4) is 0 Å². The zero-order chi connectivity index (χ0) is 16.7. The van der Waals surface area contributed by atoms with Gasteiger partial charge in [-0.05, 0) is 19.0 Å². The molecule has 0 unspecified atom stereocenters. The molecule has 0 amide bonds. The molecule has 0 radical (unpaired) electrons. The molecule has 9 heteroatoms. The number of nitrogens with zero attached hydrogens (tertiary/aromatic N) is 2. The Morgan fingerprint density at radius 2 is 2.00 bits per heavy atom. The maximum Gasteiger partial charge on any atom is 0.328 e. The standard InChI is InChI=1S/C9H12ClN3S.C4H4O4/c1-13-4-2-3-6(5-13)7-8(10)14-9(11)12-7;5-3(6)1-2-4(7)8/h3H,2,4-5H2,1H3,(H2,11,12);1-2H,(H,5,6)(H,7,8)/b;2-1-. The second kappa shape index (κ2) is 8.52. The third-order valence-electron chi connectivity index (χ3n) is 2.62. The fraction of sp³-hybridized carbons (Fsp3) is 0.308. The van der Waals surface area contributed by atoms with E-state index in [2.05, 4.69) is 23.0 Å². The maximum atomic E-state index is 9.55. The minimum atomic E-state index is -1.26. The van der Waals surface area contributed by atoms with Crippen LogP contribution in [0.25, 0.3) is 5.57 Å². The zero-order valence-corrected chi connectivity index (χ0v) is 13.4. The van der Waals surface area contributed by atoms with Crippen molar-refractivity contribution < 1.29 is 19.8 Å². The lowest BCUT2D eigenvalue weighted by atomic mass is 10.1. The normalized spacial score (nSPS) is 15.1. The quantitative estimate of drug-likeness (QED) is 0.715. The molecule has 2 rings (SSSR count). The number of carbonyl (C=O) groups is 2. The molecule has 0 bridgehead atoms. The molecule has 1 aliphatic heterocycles. The molecular formula is C13H16ClN3O4S. The van der Waals surface area contributed by atoms with Gasteiger partial charge in [0.15, 0.2) is 5.13 Å². The number of carboxylic acids is 2. The molecule has 22 heavy (non-hydrogen) atoms. The highest BCUT2D eigenvalue weighted by Gasteiger charge is 2.16. The van der Waals surface area contributed by atoms with Gasteiger partial charge in [0, 0.05) is 25.2 Å². The molecule has 0 spiro atoms. The number of carboxylic acid groups (broad SMARTS) is 2. The largest absolute Gasteiger partial charge is 0.478 e. The molecule has 1 aromatic heterocycles. The van der Waals surface area contributed by atoms with E-state index in [-0.39, 0.29) is 0 Å². The van der Waals surface area contributed by atoms with E-state index < -0.39 is 11.9 Å². The number of rotatable bonds is 3. The molecule has 2 heterocycles. The summed E-state index contributed by atoms with van der Waals surface area (Å²) < 4.78 is 0.698. The molecular weight excluding hydrogens is 330 g/mol. The molecule has 1 aromatic rings. The van der Waals surface area contributed by atoms with Crippen LogP contribution >= 0.6 is 22.9 Å². The van der Waals surface area contributed by atoms with Gasteiger partial charge in [0.05, 0.1) is 5.69 Å². The SMILES string of the molecule is CN1CCC=C(c2nc(N)sc2Cl)C1.O=C(O)/C=C\C(=O)O. The third kappa shape index (κ3) is 6.25. The van der Waals surface area contributed by atoms with Crippen LogP contribution in [-0.4, -0.2) is 52.2 Å². The summed E-state index contributed by atoms with van der Waals surface area (Å²) in [7, 11) is 2.09. The smallest absolute Gasteiger partial charge is 0.328 e. The minimum absolute atomic E-state index is 0.541. The second-order valence-electron chi connectivity index (χ2n) is 4.44. The summed E-state index contributed by atoms with van der Waals surface area (Å²) in [5.74, 6) is -2.51. The molecule has 120 valence electrons. The number of aliphatic carboxylic acids is 2. The van der Waals surface area contributed by atoms with Crippen LogP contribution in [-0.2, 0) is 9.59 Å². The minimum Gasteiger partial charge on any atom is -0.478 e. The van der Waals surface area contributed by atoms with Gasteiger partial charge in [0.2, 0.25) is 0 Å². The van der Waals surface area contributed by atoms with Crippen molar-refractivity contribution in [2.24, 2.45) is 0 Å². The first-order chi connectivity index (χ1) is 10.3. The van der Waals surface area contributed by atoms with Crippen LogP contribution in [0.3, 0.4) is 0 Å². The number of thiazole rings is 1. The third-order valence-corrected chi connectivity index (χ3v) is 3.70. The molecule has 0 saturated heterocycles. The summed E-state index contributed by atoms with van der Waals surface area (Å²) in [6.07, 6.45) is 4.37. The number of hydrogen-bond acceptors (Lipinski definition) is 6. The number of hydrogen-bond donors (Lipinski definition) is 3. The first-order valence-corrected chi connectivity index (χ1v) is 7.42. The molecule has 0 aliphatic carbocycles. The number of nitrogens with two attached hydrogens (primary N) is 1. The van der Waals surface area contributed by atoms with E-state index in [4.69, 9.17) is 27.5 Å². The molecule has 0 atom stereocenters. The van der Waals surface area contributed by atoms with Gasteiger partial charge in [-0.15, -0.1) is 0 Å². The number of aromatic nitrogens is 1. The lowest BCUT2D eigenvalue weighted by Gasteiger charge is -2.21. The number of likely N-dealkylation sites (N-methyl/N-ethyl adjacent to an activating group) is 1. The maximum absolute atomic E-state index is 9.55. The van der Waals surface area contributed by atoms with Gasteiger partial charge < -0.3 is 20.8 Å². The summed E-state index contributed by atoms with van der Waals surface area (Å²) >= 11 is 7.38. The van der Waals surface area contributed by atoms with Gasteiger partial charge >= 0.3 is 11.9 Å². The number of halogens is 1. The fourth-order valence-corrected chi connectivity index (χ4v) is 2.72. The molecule has 1 aliphatic rings. The van der Waals surface area contributed by atoms with Crippen LogP contribution in [0.15, 0.2) is 18.2 Å². The van der Waals surface area contributed by atoms with Crippen molar-refractivity contribution in [1.29, 1.82) is 0 Å². The Morgan fingerprint density at radius 3 is 2.41 bits per heavy atom. The van der Waals surface area contributed by atoms with Crippen molar-refractivity contribution in [3.05, 3.63) is 28.3 Å². The monoisotopic (exact) mass is 345 g/mol. The molecule has 0 fully saturated rings. The summed E-state index contributed by atoms with van der Waals surface area (Å²) in [4.78, 5) is 25.6. The predicted molar refractivity (Wildman–Crippen MR) is 86.0 cm³/mol. The number of nitrogen functional groups attached to an aromatic ring is 1. The summed E-state index contributed by atoms with van der Waals surface area (Å²) in [5, 5.41) is 16.2. The highest BCUT2D eigenvalue weighted by Crippen LogP contribution is 2.32. The van der Waals surface area contributed by atoms with Crippen molar-refractivity contribution in [2.45, 2.75) is 6.42 Å². The Kier molecular flexibility index (Phi) is 7.03. The summed E-state index contributed by atoms with van der Waals surface area (Å²) in [6, 6.07) is 0. The van der Waals surface area contributed by atoms with Gasteiger partial charge in [-0.2, -0.15) is 0 Å². The lowest BCUT2D eigenvalue weighted by Crippen LogP contribution is -2.25. The van der Waals surface area contributed by atoms with E-state index in [9.17, 15) is 9.59 Å². The van der Waals surface area contributed by atoms with E-state index in [1.807, 2.05) is 0 Å². The van der Waals surface area contributed by atoms with Crippen LogP contribution < -0.4 is 5.73 Å². The van der Waals surface area contributed by atoms with Crippen molar-refractivity contribution >= 4 is 45.6 Å². The highest BCUT2D eigenvalue weighted by atomic mass is 35.5. The Bertz CT molecular complexity index is 596. The van der Waals surface area contributed by atoms with Gasteiger partial charge in [-0.25, -0.2) is 14.6 Å². The van der Waals surface area contributed by atoms with Gasteiger partial charge in [-0.1, -0.05) is 29.0 Å². The summed E-state index contributed by atoms with van der Waals surface area (Å²) in [6.45, 7) is 2.00. The van der Waals surface area contributed by atoms with Crippen LogP contribution in [0.5, 0.6) is 0 Å². The zero-order valence-electron chi connectivity index (χ0n) is 11.8. The van der Waals surface area contributed by atoms with E-state index >= 15 is 0 Å². The fourth-order valence-electron chi connectivity index (χ4n) is 1.72. The Labute approximate surface area is 136 Å². The average Bonchev–Trinajstić information content (AvgIpc) is 2.76. The first kappa shape index (κ1) is 18.1. The number of anilines is 1. The van der Waals surface area contributed by atoms with Gasteiger partial charge in [-0.3, -0.25) is 0 Å². The van der Waals surface area contributed by atoms with Crippen LogP contribution in [0.1, 0.15) is 12.1 Å². The van der Waals surface area contributed by atoms with Gasteiger partial charge in [0.25, 0.3) is 0 Å². The highest BCUT2D eigenvalue weighted by molar-refractivity contribution is 7.19. The van der Waals surface area contributed by atoms with Crippen LogP contribution in [0.2, 0.25) is 4.34 Å². The topological polar surface area (TPSA) is 117 Å². The second-order valence-corrected chi connectivity index (χ2v) is 6.07. The lowest BCUT2D eigenvalue weighted by molar-refractivity contribution is -0.134. The molecule has 0 aromatic carbocycles. The van der Waals surface area contributed by atoms with Crippen LogP contribution in [0.4, 0.5) is 5.13 Å². The molecule has 4 N–H and O–H groups in total. The van der Waals surface area contributed by atoms with E-state index in [1.54, 1.807) is 0 Å². The van der Waals surface area contributed by atoms with Crippen molar-refractivity contribution in [3.63, 3.8) is 0 Å².